The van der Waals surface area contributed by atoms with Crippen LogP contribution in [0.3, 0.4) is 0 Å². The molecule has 0 unspecified atom stereocenters. The lowest BCUT2D eigenvalue weighted by atomic mass is 9.87. The Morgan fingerprint density at radius 2 is 1.67 bits per heavy atom. The molecule has 42 heavy (non-hydrogen) atoms. The van der Waals surface area contributed by atoms with Gasteiger partial charge in [0.1, 0.15) is 23.8 Å². The summed E-state index contributed by atoms with van der Waals surface area (Å²) >= 11 is 0. The number of carbonyl (C=O) groups is 1. The van der Waals surface area contributed by atoms with Crippen LogP contribution in [0.4, 0.5) is 8.78 Å². The van der Waals surface area contributed by atoms with Gasteiger partial charge < -0.3 is 14.8 Å². The molecule has 0 radical (unpaired) electrons. The van der Waals surface area contributed by atoms with E-state index >= 15 is 8.78 Å². The lowest BCUT2D eigenvalue weighted by molar-refractivity contribution is -0.143. The lowest BCUT2D eigenvalue weighted by Crippen LogP contribution is -2.28. The summed E-state index contributed by atoms with van der Waals surface area (Å²) in [5, 5.41) is 22.3. The number of rotatable bonds is 8. The van der Waals surface area contributed by atoms with Crippen molar-refractivity contribution in [3.05, 3.63) is 72.6 Å². The first kappa shape index (κ1) is 27.1. The molecule has 11 heteroatoms. The molecule has 1 aliphatic rings. The average Bonchev–Trinajstić information content (AvgIpc) is 3.64. The minimum atomic E-state index is -0.806. The summed E-state index contributed by atoms with van der Waals surface area (Å²) in [5.74, 6) is -2.14. The van der Waals surface area contributed by atoms with Crippen molar-refractivity contribution in [1.29, 1.82) is 5.26 Å². The fraction of sp³-hybridized carbons (Fsp3) is 0.258. The quantitative estimate of drug-likeness (QED) is 0.222. The third-order valence-electron chi connectivity index (χ3n) is 7.59. The van der Waals surface area contributed by atoms with Crippen molar-refractivity contribution in [2.24, 2.45) is 5.92 Å². The van der Waals surface area contributed by atoms with Crippen molar-refractivity contribution in [3.8, 4) is 45.7 Å². The van der Waals surface area contributed by atoms with Crippen molar-refractivity contribution < 1.29 is 23.4 Å². The first-order valence-electron chi connectivity index (χ1n) is 13.6. The predicted octanol–water partition coefficient (Wildman–Crippen LogP) is 6.37. The standard InChI is InChI=1S/C31H26F2N6O3/c32-24-16-25-28(37-31(36-25)42-23-12-10-22(11-13-23)30(40)41)27(33)26(24)20-6-2-18(3-7-20)19-4-8-21(9-5-19)29-35-17-39(38-29)15-1-14-34/h2-9,16-17,22-23H,1,10-13,15H2,(H,36,37)(H,40,41). The van der Waals surface area contributed by atoms with E-state index in [9.17, 15) is 9.90 Å². The van der Waals surface area contributed by atoms with E-state index in [4.69, 9.17) is 10.00 Å². The Hall–Kier alpha value is -5.11. The number of nitrogens with one attached hydrogen (secondary N) is 1. The third kappa shape index (κ3) is 5.43. The van der Waals surface area contributed by atoms with E-state index in [0.29, 0.717) is 50.0 Å². The van der Waals surface area contributed by atoms with Crippen LogP contribution in [0.2, 0.25) is 0 Å². The van der Waals surface area contributed by atoms with Gasteiger partial charge in [0, 0.05) is 11.6 Å². The van der Waals surface area contributed by atoms with Crippen molar-refractivity contribution in [2.75, 3.05) is 0 Å². The topological polar surface area (TPSA) is 130 Å². The molecule has 1 saturated carbocycles. The van der Waals surface area contributed by atoms with Gasteiger partial charge in [0.15, 0.2) is 11.6 Å². The zero-order valence-electron chi connectivity index (χ0n) is 22.4. The summed E-state index contributed by atoms with van der Waals surface area (Å²) < 4.78 is 38.2. The highest BCUT2D eigenvalue weighted by Crippen LogP contribution is 2.34. The highest BCUT2D eigenvalue weighted by Gasteiger charge is 2.28. The van der Waals surface area contributed by atoms with Gasteiger partial charge >= 0.3 is 5.97 Å². The van der Waals surface area contributed by atoms with Crippen LogP contribution in [0.25, 0.3) is 44.7 Å². The summed E-state index contributed by atoms with van der Waals surface area (Å²) in [6.45, 7) is 0.480. The number of aromatic nitrogens is 5. The molecule has 0 spiro atoms. The molecule has 2 heterocycles. The summed E-state index contributed by atoms with van der Waals surface area (Å²) in [4.78, 5) is 22.6. The number of ether oxygens (including phenoxy) is 1. The first-order valence-corrected chi connectivity index (χ1v) is 13.6. The molecule has 0 atom stereocenters. The minimum Gasteiger partial charge on any atom is -0.481 e. The number of carboxylic acids is 1. The molecule has 2 N–H and O–H groups in total. The van der Waals surface area contributed by atoms with Crippen molar-refractivity contribution in [1.82, 2.24) is 24.7 Å². The van der Waals surface area contributed by atoms with Gasteiger partial charge in [-0.15, -0.1) is 0 Å². The number of nitrogens with zero attached hydrogens (tertiary/aromatic N) is 5. The van der Waals surface area contributed by atoms with E-state index in [1.54, 1.807) is 35.3 Å². The molecule has 1 fully saturated rings. The average molecular weight is 569 g/mol. The second-order valence-electron chi connectivity index (χ2n) is 10.3. The fourth-order valence-electron chi connectivity index (χ4n) is 5.30. The molecular weight excluding hydrogens is 542 g/mol. The van der Waals surface area contributed by atoms with Gasteiger partial charge in [-0.1, -0.05) is 48.5 Å². The van der Waals surface area contributed by atoms with Crippen LogP contribution in [-0.4, -0.2) is 41.9 Å². The number of hydrogen-bond donors (Lipinski definition) is 2. The molecular formula is C31H26F2N6O3. The van der Waals surface area contributed by atoms with Gasteiger partial charge in [-0.3, -0.25) is 9.48 Å². The highest BCUT2D eigenvalue weighted by atomic mass is 19.1. The zero-order valence-corrected chi connectivity index (χ0v) is 22.4. The molecule has 1 aliphatic carbocycles. The number of aryl methyl sites for hydroxylation is 1. The summed E-state index contributed by atoms with van der Waals surface area (Å²) in [6, 6.07) is 18.0. The maximum Gasteiger partial charge on any atom is 0.306 e. The summed E-state index contributed by atoms with van der Waals surface area (Å²) in [6.07, 6.45) is 3.82. The Balaban J connectivity index is 1.18. The van der Waals surface area contributed by atoms with Crippen LogP contribution in [0.15, 0.2) is 60.9 Å². The molecule has 0 bridgehead atoms. The van der Waals surface area contributed by atoms with Crippen molar-refractivity contribution in [3.63, 3.8) is 0 Å². The number of aromatic amines is 1. The van der Waals surface area contributed by atoms with Crippen LogP contribution in [0.5, 0.6) is 6.01 Å². The van der Waals surface area contributed by atoms with Crippen LogP contribution in [0, 0.1) is 28.9 Å². The number of carboxylic acid groups (broad SMARTS) is 1. The SMILES string of the molecule is N#CCCn1cnc(-c2ccc(-c3ccc(-c4c(F)cc5[nH]c(OC6CCC(C(=O)O)CC6)nc5c4F)cc3)cc2)n1. The lowest BCUT2D eigenvalue weighted by Gasteiger charge is -2.25. The van der Waals surface area contributed by atoms with Crippen molar-refractivity contribution >= 4 is 17.0 Å². The highest BCUT2D eigenvalue weighted by molar-refractivity contribution is 5.84. The van der Waals surface area contributed by atoms with Crippen LogP contribution >= 0.6 is 0 Å². The van der Waals surface area contributed by atoms with E-state index in [0.717, 1.165) is 16.7 Å². The zero-order chi connectivity index (χ0) is 29.2. The van der Waals surface area contributed by atoms with Gasteiger partial charge in [-0.05, 0) is 42.4 Å². The second kappa shape index (κ2) is 11.4. The van der Waals surface area contributed by atoms with E-state index in [1.165, 1.54) is 6.07 Å². The largest absolute Gasteiger partial charge is 0.481 e. The smallest absolute Gasteiger partial charge is 0.306 e. The number of H-pyrrole nitrogens is 1. The van der Waals surface area contributed by atoms with E-state index in [2.05, 4.69) is 26.1 Å². The normalized spacial score (nSPS) is 16.8. The van der Waals surface area contributed by atoms with Crippen LogP contribution in [0.1, 0.15) is 32.1 Å². The Morgan fingerprint density at radius 3 is 2.31 bits per heavy atom. The maximum absolute atomic E-state index is 15.6. The molecule has 9 nitrogen and oxygen atoms in total. The minimum absolute atomic E-state index is 0.0241. The molecule has 5 aromatic rings. The monoisotopic (exact) mass is 568 g/mol. The van der Waals surface area contributed by atoms with E-state index in [1.807, 2.05) is 24.3 Å². The Morgan fingerprint density at radius 1 is 1.02 bits per heavy atom. The van der Waals surface area contributed by atoms with Crippen molar-refractivity contribution in [2.45, 2.75) is 44.8 Å². The third-order valence-corrected chi connectivity index (χ3v) is 7.59. The number of aliphatic carboxylic acids is 1. The molecule has 212 valence electrons. The van der Waals surface area contributed by atoms with Crippen LogP contribution in [-0.2, 0) is 11.3 Å². The number of halogens is 2. The second-order valence-corrected chi connectivity index (χ2v) is 10.3. The molecule has 2 aromatic heterocycles. The predicted molar refractivity (Wildman–Crippen MR) is 150 cm³/mol. The number of hydrogen-bond acceptors (Lipinski definition) is 6. The molecule has 3 aromatic carbocycles. The Labute approximate surface area is 239 Å². The van der Waals surface area contributed by atoms with Gasteiger partial charge in [0.2, 0.25) is 0 Å². The Bertz CT molecular complexity index is 1780. The maximum atomic E-state index is 15.6. The van der Waals surface area contributed by atoms with Gasteiger partial charge in [0.05, 0.1) is 36.0 Å². The van der Waals surface area contributed by atoms with Crippen LogP contribution < -0.4 is 4.74 Å². The summed E-state index contributed by atoms with van der Waals surface area (Å²) in [7, 11) is 0. The fourth-order valence-corrected chi connectivity index (χ4v) is 5.30. The number of nitriles is 1. The van der Waals surface area contributed by atoms with E-state index in [-0.39, 0.29) is 34.6 Å². The molecule has 6 rings (SSSR count). The Kier molecular flexibility index (Phi) is 7.35. The number of fused-ring (bicyclic) bond motifs is 1. The number of imidazole rings is 1. The summed E-state index contributed by atoms with van der Waals surface area (Å²) in [5.41, 5.74) is 2.97. The first-order chi connectivity index (χ1) is 20.4. The van der Waals surface area contributed by atoms with Gasteiger partial charge in [-0.2, -0.15) is 15.3 Å². The molecule has 0 saturated heterocycles. The van der Waals surface area contributed by atoms with Gasteiger partial charge in [-0.25, -0.2) is 13.8 Å². The number of benzene rings is 3. The van der Waals surface area contributed by atoms with E-state index < -0.39 is 17.6 Å². The molecule has 0 amide bonds. The van der Waals surface area contributed by atoms with Gasteiger partial charge in [0.25, 0.3) is 6.01 Å². The molecule has 0 aliphatic heterocycles.